The van der Waals surface area contributed by atoms with Crippen molar-refractivity contribution >= 4 is 34.8 Å². The number of non-ortho nitro benzene ring substituents is 1. The van der Waals surface area contributed by atoms with Crippen LogP contribution >= 0.6 is 11.6 Å². The van der Waals surface area contributed by atoms with E-state index in [0.29, 0.717) is 10.8 Å². The number of nitrogens with one attached hydrogen (secondary N) is 1. The van der Waals surface area contributed by atoms with Crippen molar-refractivity contribution < 1.29 is 19.4 Å². The van der Waals surface area contributed by atoms with Gasteiger partial charge in [-0.25, -0.2) is 4.68 Å². The number of nitro groups is 2. The Morgan fingerprint density at radius 1 is 1.09 bits per heavy atom. The zero-order valence-corrected chi connectivity index (χ0v) is 18.6. The fraction of sp³-hybridized carbons (Fsp3) is 0.100. The van der Waals surface area contributed by atoms with Crippen LogP contribution in [0, 0.1) is 27.2 Å². The molecule has 1 N–H and O–H groups in total. The van der Waals surface area contributed by atoms with Crippen LogP contribution in [0.15, 0.2) is 55.0 Å². The summed E-state index contributed by atoms with van der Waals surface area (Å²) < 4.78 is 8.27. The van der Waals surface area contributed by atoms with Gasteiger partial charge in [0.25, 0.3) is 11.6 Å². The van der Waals surface area contributed by atoms with E-state index in [0.717, 1.165) is 11.9 Å². The van der Waals surface area contributed by atoms with Crippen molar-refractivity contribution in [2.45, 2.75) is 13.6 Å². The third-order valence-corrected chi connectivity index (χ3v) is 4.81. The zero-order valence-electron chi connectivity index (χ0n) is 17.9. The van der Waals surface area contributed by atoms with Crippen LogP contribution in [-0.4, -0.2) is 40.3 Å². The lowest BCUT2D eigenvalue weighted by Gasteiger charge is -2.11. The van der Waals surface area contributed by atoms with Gasteiger partial charge < -0.3 is 20.2 Å². The van der Waals surface area contributed by atoms with E-state index in [9.17, 15) is 25.0 Å². The molecule has 0 atom stereocenters. The zero-order chi connectivity index (χ0) is 25.1. The molecule has 0 radical (unpaired) electrons. The summed E-state index contributed by atoms with van der Waals surface area (Å²) in [4.78, 5) is 37.0. The summed E-state index contributed by atoms with van der Waals surface area (Å²) >= 11 is 5.95. The van der Waals surface area contributed by atoms with Crippen LogP contribution in [0.3, 0.4) is 0 Å². The lowest BCUT2D eigenvalue weighted by molar-refractivity contribution is -0.394. The molecule has 0 aliphatic rings. The summed E-state index contributed by atoms with van der Waals surface area (Å²) in [5.74, 6) is -0.618. The second kappa shape index (κ2) is 9.56. The molecule has 0 aliphatic heterocycles. The first kappa shape index (κ1) is 23.3. The number of aromatic nitrogens is 5. The summed E-state index contributed by atoms with van der Waals surface area (Å²) in [7, 11) is 0. The molecule has 0 aliphatic carbocycles. The lowest BCUT2D eigenvalue weighted by atomic mass is 10.2. The van der Waals surface area contributed by atoms with Crippen molar-refractivity contribution in [1.29, 1.82) is 0 Å². The number of amides is 1. The minimum Gasteiger partial charge on any atom is -0.457 e. The molecule has 0 bridgehead atoms. The second-order valence-electron chi connectivity index (χ2n) is 7.16. The molecule has 0 saturated carbocycles. The molecule has 0 saturated heterocycles. The van der Waals surface area contributed by atoms with E-state index in [1.807, 2.05) is 0 Å². The molecular formula is C20H15ClN8O6. The van der Waals surface area contributed by atoms with Crippen LogP contribution in [-0.2, 0) is 6.67 Å². The molecule has 0 fully saturated rings. The monoisotopic (exact) mass is 498 g/mol. The van der Waals surface area contributed by atoms with Gasteiger partial charge in [-0.15, -0.1) is 0 Å². The summed E-state index contributed by atoms with van der Waals surface area (Å²) in [6.07, 6.45) is 2.63. The number of hydrogen-bond donors (Lipinski definition) is 1. The Labute approximate surface area is 201 Å². The Bertz CT molecular complexity index is 1450. The van der Waals surface area contributed by atoms with E-state index in [1.165, 1.54) is 39.8 Å². The number of anilines is 1. The summed E-state index contributed by atoms with van der Waals surface area (Å²) in [5.41, 5.74) is 0.551. The van der Waals surface area contributed by atoms with E-state index >= 15 is 0 Å². The molecule has 0 spiro atoms. The lowest BCUT2D eigenvalue weighted by Crippen LogP contribution is -2.15. The Hall–Kier alpha value is -4.85. The minimum absolute atomic E-state index is 0.00198. The van der Waals surface area contributed by atoms with Crippen LogP contribution in [0.5, 0.6) is 11.5 Å². The number of halogens is 1. The maximum absolute atomic E-state index is 12.7. The normalized spacial score (nSPS) is 10.7. The molecule has 4 rings (SSSR count). The number of rotatable bonds is 8. The molecule has 35 heavy (non-hydrogen) atoms. The van der Waals surface area contributed by atoms with E-state index in [2.05, 4.69) is 20.5 Å². The number of ether oxygens (including phenoxy) is 1. The average molecular weight is 499 g/mol. The molecule has 4 aromatic rings. The van der Waals surface area contributed by atoms with Crippen LogP contribution in [0.25, 0.3) is 0 Å². The predicted molar refractivity (Wildman–Crippen MR) is 122 cm³/mol. The van der Waals surface area contributed by atoms with Gasteiger partial charge in [-0.1, -0.05) is 16.6 Å². The van der Waals surface area contributed by atoms with Gasteiger partial charge in [0.2, 0.25) is 6.33 Å². The second-order valence-corrected chi connectivity index (χ2v) is 7.60. The molecule has 14 nitrogen and oxygen atoms in total. The van der Waals surface area contributed by atoms with Crippen molar-refractivity contribution in [1.82, 2.24) is 24.5 Å². The largest absolute Gasteiger partial charge is 0.491 e. The van der Waals surface area contributed by atoms with E-state index in [4.69, 9.17) is 16.3 Å². The highest BCUT2D eigenvalue weighted by Crippen LogP contribution is 2.32. The highest BCUT2D eigenvalue weighted by molar-refractivity contribution is 6.30. The molecule has 15 heteroatoms. The number of aryl methyl sites for hydroxylation is 1. The van der Waals surface area contributed by atoms with E-state index < -0.39 is 21.7 Å². The summed E-state index contributed by atoms with van der Waals surface area (Å²) in [5, 5.41) is 32.9. The van der Waals surface area contributed by atoms with Crippen molar-refractivity contribution in [3.05, 3.63) is 91.5 Å². The number of benzene rings is 2. The first-order valence-electron chi connectivity index (χ1n) is 9.80. The highest BCUT2D eigenvalue weighted by Gasteiger charge is 2.17. The van der Waals surface area contributed by atoms with Crippen LogP contribution < -0.4 is 10.1 Å². The number of hydrogen-bond acceptors (Lipinski definition) is 9. The Balaban J connectivity index is 1.51. The smallest absolute Gasteiger partial charge is 0.457 e. The molecule has 178 valence electrons. The predicted octanol–water partition coefficient (Wildman–Crippen LogP) is 3.80. The van der Waals surface area contributed by atoms with E-state index in [-0.39, 0.29) is 29.5 Å². The van der Waals surface area contributed by atoms with Gasteiger partial charge in [0, 0.05) is 28.5 Å². The fourth-order valence-corrected chi connectivity index (χ4v) is 3.24. The molecular weight excluding hydrogens is 484 g/mol. The fourth-order valence-electron chi connectivity index (χ4n) is 3.02. The van der Waals surface area contributed by atoms with Crippen LogP contribution in [0.4, 0.5) is 17.3 Å². The minimum atomic E-state index is -0.732. The highest BCUT2D eigenvalue weighted by atomic mass is 35.5. The van der Waals surface area contributed by atoms with Gasteiger partial charge in [0.1, 0.15) is 11.5 Å². The van der Waals surface area contributed by atoms with Gasteiger partial charge in [-0.2, -0.15) is 9.78 Å². The quantitative estimate of drug-likeness (QED) is 0.280. The molecule has 1 amide bonds. The third-order valence-electron chi connectivity index (χ3n) is 4.58. The number of carbonyl (C=O) groups is 1. The number of nitrogens with zero attached hydrogens (tertiary/aromatic N) is 7. The first-order valence-corrected chi connectivity index (χ1v) is 10.2. The number of nitro benzene ring substituents is 1. The molecule has 0 unspecified atom stereocenters. The van der Waals surface area contributed by atoms with Gasteiger partial charge in [-0.05, 0) is 41.7 Å². The van der Waals surface area contributed by atoms with Gasteiger partial charge in [-0.3, -0.25) is 14.9 Å². The SMILES string of the molecule is Cc1cc(Cl)ccc1Oc1cc(NC(=O)c2ccn(Cn3cnc([N+](=O)[O-])n3)n2)cc([N+](=O)[O-])c1. The summed E-state index contributed by atoms with van der Waals surface area (Å²) in [6.45, 7) is 1.75. The maximum Gasteiger partial charge on any atom is 0.491 e. The van der Waals surface area contributed by atoms with E-state index in [1.54, 1.807) is 25.1 Å². The van der Waals surface area contributed by atoms with Gasteiger partial charge >= 0.3 is 5.95 Å². The molecule has 2 aromatic carbocycles. The van der Waals surface area contributed by atoms with Crippen LogP contribution in [0.1, 0.15) is 16.1 Å². The van der Waals surface area contributed by atoms with Crippen molar-refractivity contribution in [3.8, 4) is 11.5 Å². The van der Waals surface area contributed by atoms with Crippen molar-refractivity contribution in [2.24, 2.45) is 0 Å². The Morgan fingerprint density at radius 2 is 1.89 bits per heavy atom. The standard InChI is InChI=1S/C20H15ClN8O6/c1-12-6-13(21)2-3-18(12)35-16-8-14(7-15(9-16)28(31)32)23-19(30)17-4-5-26(24-17)11-27-10-22-20(25-27)29(33)34/h2-10H,11H2,1H3,(H,23,30). The van der Waals surface area contributed by atoms with Gasteiger partial charge in [0.05, 0.1) is 16.7 Å². The van der Waals surface area contributed by atoms with Gasteiger partial charge in [0.15, 0.2) is 12.4 Å². The number of carbonyl (C=O) groups excluding carboxylic acids is 1. The topological polar surface area (TPSA) is 173 Å². The first-order chi connectivity index (χ1) is 16.7. The molecule has 2 heterocycles. The summed E-state index contributed by atoms with van der Waals surface area (Å²) in [6, 6.07) is 10.2. The average Bonchev–Trinajstić information content (AvgIpc) is 3.46. The third kappa shape index (κ3) is 5.56. The van der Waals surface area contributed by atoms with Crippen molar-refractivity contribution in [3.63, 3.8) is 0 Å². The van der Waals surface area contributed by atoms with Crippen LogP contribution in [0.2, 0.25) is 5.02 Å². The van der Waals surface area contributed by atoms with Crippen molar-refractivity contribution in [2.75, 3.05) is 5.32 Å². The maximum atomic E-state index is 12.7. The molecule has 2 aromatic heterocycles. The Morgan fingerprint density at radius 3 is 2.57 bits per heavy atom. The Kier molecular flexibility index (Phi) is 6.37.